The molecule has 20 heavy (non-hydrogen) atoms. The number of halogens is 3. The van der Waals surface area contributed by atoms with Crippen molar-refractivity contribution in [3.8, 4) is 0 Å². The lowest BCUT2D eigenvalue weighted by Crippen LogP contribution is -2.50. The summed E-state index contributed by atoms with van der Waals surface area (Å²) in [6.07, 6.45) is -5.19. The molecule has 0 radical (unpaired) electrons. The molecule has 0 aromatic heterocycles. The molecule has 6 heteroatoms. The number of benzene rings is 2. The normalized spacial score (nSPS) is 14.8. The average molecular weight is 284 g/mol. The van der Waals surface area contributed by atoms with Gasteiger partial charge in [0.15, 0.2) is 0 Å². The summed E-state index contributed by atoms with van der Waals surface area (Å²) < 4.78 is 43.7. The van der Waals surface area contributed by atoms with Crippen molar-refractivity contribution in [2.24, 2.45) is 0 Å². The van der Waals surface area contributed by atoms with E-state index >= 15 is 0 Å². The van der Waals surface area contributed by atoms with Gasteiger partial charge in [0.25, 0.3) is 5.60 Å². The molecule has 1 N–H and O–H groups in total. The maximum Gasteiger partial charge on any atom is 0.432 e. The second-order valence-electron chi connectivity index (χ2n) is 4.23. The van der Waals surface area contributed by atoms with Crippen LogP contribution in [0.3, 0.4) is 0 Å². The minimum atomic E-state index is -5.19. The average Bonchev–Trinajstić information content (AvgIpc) is 2.43. The highest BCUT2D eigenvalue weighted by Gasteiger charge is 2.62. The van der Waals surface area contributed by atoms with Crippen molar-refractivity contribution in [1.82, 2.24) is 0 Å². The van der Waals surface area contributed by atoms with Crippen molar-refractivity contribution in [1.29, 1.82) is 0 Å². The van der Waals surface area contributed by atoms with Gasteiger partial charge in [-0.3, -0.25) is 0 Å². The van der Waals surface area contributed by atoms with E-state index in [0.717, 1.165) is 13.2 Å². The number of carbonyl (C=O) groups is 1. The zero-order valence-electron chi connectivity index (χ0n) is 10.4. The number of alkyl halides is 3. The molecule has 0 unspecified atom stereocenters. The number of esters is 1. The molecule has 2 rings (SSSR count). The van der Waals surface area contributed by atoms with Crippen LogP contribution in [0.1, 0.15) is 5.56 Å². The molecule has 0 amide bonds. The minimum absolute atomic E-state index is 0.139. The van der Waals surface area contributed by atoms with Gasteiger partial charge in [-0.25, -0.2) is 4.79 Å². The third-order valence-electron chi connectivity index (χ3n) is 3.07. The summed E-state index contributed by atoms with van der Waals surface area (Å²) in [6, 6.07) is 10.2. The topological polar surface area (TPSA) is 46.5 Å². The molecule has 0 bridgehead atoms. The Balaban J connectivity index is 2.80. The van der Waals surface area contributed by atoms with Crippen molar-refractivity contribution in [3.63, 3.8) is 0 Å². The molecule has 2 aromatic rings. The fourth-order valence-corrected chi connectivity index (χ4v) is 2.07. The van der Waals surface area contributed by atoms with E-state index in [1.165, 1.54) is 18.2 Å². The van der Waals surface area contributed by atoms with Gasteiger partial charge < -0.3 is 9.84 Å². The highest BCUT2D eigenvalue weighted by Crippen LogP contribution is 2.42. The van der Waals surface area contributed by atoms with Crippen molar-refractivity contribution in [2.75, 3.05) is 7.11 Å². The molecular formula is C14H11F3O3. The molecule has 0 aliphatic heterocycles. The van der Waals surface area contributed by atoms with Crippen LogP contribution < -0.4 is 0 Å². The Labute approximate surface area is 112 Å². The van der Waals surface area contributed by atoms with Gasteiger partial charge in [-0.05, 0) is 10.8 Å². The first-order valence-electron chi connectivity index (χ1n) is 5.68. The Morgan fingerprint density at radius 1 is 1.10 bits per heavy atom. The molecule has 106 valence electrons. The molecule has 2 aromatic carbocycles. The van der Waals surface area contributed by atoms with Gasteiger partial charge in [0, 0.05) is 5.56 Å². The molecule has 0 spiro atoms. The first-order valence-corrected chi connectivity index (χ1v) is 5.68. The third kappa shape index (κ3) is 2.02. The summed E-state index contributed by atoms with van der Waals surface area (Å²) in [5.74, 6) is -1.76. The van der Waals surface area contributed by atoms with Crippen LogP contribution in [0.5, 0.6) is 0 Å². The van der Waals surface area contributed by atoms with Gasteiger partial charge in [0.2, 0.25) is 0 Å². The van der Waals surface area contributed by atoms with Crippen LogP contribution in [-0.2, 0) is 15.1 Å². The molecular weight excluding hydrogens is 273 g/mol. The monoisotopic (exact) mass is 284 g/mol. The van der Waals surface area contributed by atoms with E-state index in [1.54, 1.807) is 18.2 Å². The quantitative estimate of drug-likeness (QED) is 0.863. The highest BCUT2D eigenvalue weighted by atomic mass is 19.4. The van der Waals surface area contributed by atoms with Crippen molar-refractivity contribution in [3.05, 3.63) is 48.0 Å². The zero-order chi connectivity index (χ0) is 15.0. The molecule has 0 saturated carbocycles. The lowest BCUT2D eigenvalue weighted by Gasteiger charge is -2.29. The van der Waals surface area contributed by atoms with Gasteiger partial charge in [0.05, 0.1) is 7.11 Å². The summed E-state index contributed by atoms with van der Waals surface area (Å²) >= 11 is 0. The third-order valence-corrected chi connectivity index (χ3v) is 3.07. The van der Waals surface area contributed by atoms with Gasteiger partial charge >= 0.3 is 12.1 Å². The van der Waals surface area contributed by atoms with Crippen LogP contribution in [0.2, 0.25) is 0 Å². The number of fused-ring (bicyclic) bond motifs is 1. The number of ether oxygens (including phenoxy) is 1. The van der Waals surface area contributed by atoms with E-state index in [0.29, 0.717) is 5.39 Å². The van der Waals surface area contributed by atoms with Crippen molar-refractivity contribution >= 4 is 16.7 Å². The molecule has 0 aliphatic rings. The number of methoxy groups -OCH3 is 1. The van der Waals surface area contributed by atoms with E-state index in [1.807, 2.05) is 0 Å². The second-order valence-corrected chi connectivity index (χ2v) is 4.23. The minimum Gasteiger partial charge on any atom is -0.466 e. The summed E-state index contributed by atoms with van der Waals surface area (Å²) in [6.45, 7) is 0. The molecule has 1 atom stereocenters. The SMILES string of the molecule is COC(=O)[C@@](O)(c1cccc2ccccc12)C(F)(F)F. The Morgan fingerprint density at radius 3 is 2.30 bits per heavy atom. The first-order chi connectivity index (χ1) is 9.32. The Morgan fingerprint density at radius 2 is 1.70 bits per heavy atom. The van der Waals surface area contributed by atoms with Crippen LogP contribution in [-0.4, -0.2) is 24.4 Å². The van der Waals surface area contributed by atoms with Gasteiger partial charge in [0.1, 0.15) is 0 Å². The Hall–Kier alpha value is -2.08. The summed E-state index contributed by atoms with van der Waals surface area (Å²) in [4.78, 5) is 11.5. The van der Waals surface area contributed by atoms with Crippen LogP contribution in [0.4, 0.5) is 13.2 Å². The molecule has 0 saturated heterocycles. The van der Waals surface area contributed by atoms with Crippen LogP contribution in [0.15, 0.2) is 42.5 Å². The number of hydrogen-bond acceptors (Lipinski definition) is 3. The van der Waals surface area contributed by atoms with Crippen LogP contribution in [0.25, 0.3) is 10.8 Å². The van der Waals surface area contributed by atoms with Crippen LogP contribution in [0, 0.1) is 0 Å². The largest absolute Gasteiger partial charge is 0.466 e. The first kappa shape index (κ1) is 14.3. The molecule has 0 fully saturated rings. The smallest absolute Gasteiger partial charge is 0.432 e. The maximum absolute atomic E-state index is 13.2. The second kappa shape index (κ2) is 4.79. The summed E-state index contributed by atoms with van der Waals surface area (Å²) in [7, 11) is 0.796. The fraction of sp³-hybridized carbons (Fsp3) is 0.214. The van der Waals surface area contributed by atoms with E-state index in [-0.39, 0.29) is 5.39 Å². The summed E-state index contributed by atoms with van der Waals surface area (Å²) in [5, 5.41) is 10.6. The molecule has 0 heterocycles. The Kier molecular flexibility index (Phi) is 3.43. The van der Waals surface area contributed by atoms with Gasteiger partial charge in [-0.2, -0.15) is 13.2 Å². The van der Waals surface area contributed by atoms with E-state index in [2.05, 4.69) is 4.74 Å². The van der Waals surface area contributed by atoms with Crippen molar-refractivity contribution in [2.45, 2.75) is 11.8 Å². The lowest BCUT2D eigenvalue weighted by molar-refractivity contribution is -0.266. The fourth-order valence-electron chi connectivity index (χ4n) is 2.07. The predicted octanol–water partition coefficient (Wildman–Crippen LogP) is 2.76. The van der Waals surface area contributed by atoms with Crippen molar-refractivity contribution < 1.29 is 27.8 Å². The number of rotatable bonds is 2. The number of carbonyl (C=O) groups excluding carboxylic acids is 1. The predicted molar refractivity (Wildman–Crippen MR) is 65.9 cm³/mol. The number of aliphatic hydroxyl groups is 1. The van der Waals surface area contributed by atoms with E-state index < -0.39 is 23.3 Å². The van der Waals surface area contributed by atoms with E-state index in [9.17, 15) is 23.1 Å². The molecule has 0 aliphatic carbocycles. The van der Waals surface area contributed by atoms with Gasteiger partial charge in [-0.1, -0.05) is 42.5 Å². The standard InChI is InChI=1S/C14H11F3O3/c1-20-12(18)13(19,14(15,16)17)11-8-4-6-9-5-2-3-7-10(9)11/h2-8,19H,1H3/t13-/m0/s1. The Bertz CT molecular complexity index is 646. The zero-order valence-corrected chi connectivity index (χ0v) is 10.4. The van der Waals surface area contributed by atoms with E-state index in [4.69, 9.17) is 0 Å². The van der Waals surface area contributed by atoms with Crippen LogP contribution >= 0.6 is 0 Å². The summed E-state index contributed by atoms with van der Waals surface area (Å²) in [5.41, 5.74) is -4.24. The molecule has 3 nitrogen and oxygen atoms in total. The highest BCUT2D eigenvalue weighted by molar-refractivity contribution is 5.93. The van der Waals surface area contributed by atoms with Gasteiger partial charge in [-0.15, -0.1) is 0 Å². The lowest BCUT2D eigenvalue weighted by atomic mass is 9.88. The number of hydrogen-bond donors (Lipinski definition) is 1. The maximum atomic E-state index is 13.2.